The van der Waals surface area contributed by atoms with Crippen LogP contribution in [0.5, 0.6) is 5.88 Å². The van der Waals surface area contributed by atoms with Crippen molar-refractivity contribution < 1.29 is 5.11 Å². The van der Waals surface area contributed by atoms with Gasteiger partial charge in [-0.1, -0.05) is 25.0 Å². The molecule has 0 bridgehead atoms. The second kappa shape index (κ2) is 7.12. The molecule has 1 aliphatic carbocycles. The van der Waals surface area contributed by atoms with Gasteiger partial charge in [-0.25, -0.2) is 4.98 Å². The van der Waals surface area contributed by atoms with Crippen LogP contribution in [0.4, 0.5) is 17.3 Å². The average molecular weight is 365 g/mol. The molecule has 0 aliphatic heterocycles. The number of aromatic nitrogens is 2. The van der Waals surface area contributed by atoms with E-state index in [1.807, 2.05) is 25.3 Å². The van der Waals surface area contributed by atoms with E-state index in [0.29, 0.717) is 11.2 Å². The van der Waals surface area contributed by atoms with Gasteiger partial charge < -0.3 is 26.5 Å². The molecule has 6 heteroatoms. The summed E-state index contributed by atoms with van der Waals surface area (Å²) in [6, 6.07) is 8.47. The van der Waals surface area contributed by atoms with Gasteiger partial charge in [0.2, 0.25) is 0 Å². The van der Waals surface area contributed by atoms with Gasteiger partial charge in [-0.15, -0.1) is 0 Å². The van der Waals surface area contributed by atoms with Crippen molar-refractivity contribution in [1.82, 2.24) is 9.97 Å². The normalized spacial score (nSPS) is 20.0. The van der Waals surface area contributed by atoms with Gasteiger partial charge in [0.15, 0.2) is 5.88 Å². The van der Waals surface area contributed by atoms with Crippen LogP contribution in [-0.2, 0) is 0 Å². The number of hydrogen-bond donors (Lipinski definition) is 5. The molecule has 4 rings (SSSR count). The van der Waals surface area contributed by atoms with Crippen LogP contribution >= 0.6 is 0 Å². The SMILES string of the molecule is Cc1cccc(Nc2nc(N[C@@H]3CCCC[C@@H]3N)c(C)c3c[nH]c(O)c23)c1. The summed E-state index contributed by atoms with van der Waals surface area (Å²) < 4.78 is 0. The molecule has 0 saturated heterocycles. The fourth-order valence-corrected chi connectivity index (χ4v) is 3.93. The summed E-state index contributed by atoms with van der Waals surface area (Å²) in [5, 5.41) is 18.9. The number of fused-ring (bicyclic) bond motifs is 1. The smallest absolute Gasteiger partial charge is 0.200 e. The van der Waals surface area contributed by atoms with E-state index in [2.05, 4.69) is 34.7 Å². The van der Waals surface area contributed by atoms with Gasteiger partial charge in [-0.3, -0.25) is 0 Å². The Morgan fingerprint density at radius 1 is 1.19 bits per heavy atom. The van der Waals surface area contributed by atoms with Crippen LogP contribution in [0.25, 0.3) is 10.8 Å². The summed E-state index contributed by atoms with van der Waals surface area (Å²) in [6.07, 6.45) is 6.30. The van der Waals surface area contributed by atoms with Gasteiger partial charge in [0.25, 0.3) is 0 Å². The summed E-state index contributed by atoms with van der Waals surface area (Å²) in [5.41, 5.74) is 9.43. The first-order valence-electron chi connectivity index (χ1n) is 9.59. The van der Waals surface area contributed by atoms with E-state index in [1.54, 1.807) is 0 Å². The molecule has 6 N–H and O–H groups in total. The Morgan fingerprint density at radius 2 is 2.00 bits per heavy atom. The lowest BCUT2D eigenvalue weighted by Crippen LogP contribution is -2.42. The van der Waals surface area contributed by atoms with Crippen molar-refractivity contribution in [2.75, 3.05) is 10.6 Å². The van der Waals surface area contributed by atoms with E-state index in [-0.39, 0.29) is 18.0 Å². The number of aromatic amines is 1. The third kappa shape index (κ3) is 3.45. The first-order valence-corrected chi connectivity index (χ1v) is 9.59. The Kier molecular flexibility index (Phi) is 4.66. The van der Waals surface area contributed by atoms with E-state index in [4.69, 9.17) is 10.7 Å². The quantitative estimate of drug-likeness (QED) is 0.474. The van der Waals surface area contributed by atoms with Crippen LogP contribution in [0, 0.1) is 13.8 Å². The molecule has 27 heavy (non-hydrogen) atoms. The van der Waals surface area contributed by atoms with Gasteiger partial charge in [-0.2, -0.15) is 0 Å². The third-order valence-corrected chi connectivity index (χ3v) is 5.50. The predicted molar refractivity (Wildman–Crippen MR) is 111 cm³/mol. The number of anilines is 3. The molecular formula is C21H27N5O. The van der Waals surface area contributed by atoms with E-state index < -0.39 is 0 Å². The first kappa shape index (κ1) is 17.7. The molecule has 6 nitrogen and oxygen atoms in total. The van der Waals surface area contributed by atoms with Crippen molar-refractivity contribution in [3.05, 3.63) is 41.6 Å². The zero-order chi connectivity index (χ0) is 19.0. The average Bonchev–Trinajstić information content (AvgIpc) is 3.03. The van der Waals surface area contributed by atoms with Crippen LogP contribution in [0.2, 0.25) is 0 Å². The van der Waals surface area contributed by atoms with Crippen molar-refractivity contribution in [3.8, 4) is 5.88 Å². The minimum Gasteiger partial charge on any atom is -0.494 e. The number of aromatic hydroxyl groups is 1. The molecule has 0 radical (unpaired) electrons. The standard InChI is InChI=1S/C21H27N5O/c1-12-6-5-7-14(10-12)24-20-18-15(11-23-21(18)27)13(2)19(26-20)25-17-9-4-3-8-16(17)22/h5-7,10-11,16-17,23,25,27H,3-4,8-9,22H2,1-2H3,(H,24,26)/t16-,17+/m0/s1. The highest BCUT2D eigenvalue weighted by Crippen LogP contribution is 2.37. The zero-order valence-corrected chi connectivity index (χ0v) is 15.8. The Labute approximate surface area is 159 Å². The van der Waals surface area contributed by atoms with Gasteiger partial charge in [0.05, 0.1) is 5.39 Å². The highest BCUT2D eigenvalue weighted by Gasteiger charge is 2.24. The molecule has 1 aromatic carbocycles. The lowest BCUT2D eigenvalue weighted by Gasteiger charge is -2.30. The fraction of sp³-hybridized carbons (Fsp3) is 0.381. The lowest BCUT2D eigenvalue weighted by atomic mass is 9.91. The molecule has 0 amide bonds. The van der Waals surface area contributed by atoms with Crippen LogP contribution in [-0.4, -0.2) is 27.2 Å². The van der Waals surface area contributed by atoms with E-state index in [0.717, 1.165) is 40.9 Å². The number of hydrogen-bond acceptors (Lipinski definition) is 5. The molecule has 0 unspecified atom stereocenters. The summed E-state index contributed by atoms with van der Waals surface area (Å²) in [4.78, 5) is 7.75. The van der Waals surface area contributed by atoms with Crippen molar-refractivity contribution >= 4 is 28.1 Å². The van der Waals surface area contributed by atoms with Crippen LogP contribution in [0.3, 0.4) is 0 Å². The van der Waals surface area contributed by atoms with Crippen molar-refractivity contribution in [2.24, 2.45) is 5.73 Å². The first-order chi connectivity index (χ1) is 13.0. The number of rotatable bonds is 4. The minimum atomic E-state index is 0.122. The molecule has 142 valence electrons. The summed E-state index contributed by atoms with van der Waals surface area (Å²) in [5.74, 6) is 1.57. The second-order valence-corrected chi connectivity index (χ2v) is 7.55. The highest BCUT2D eigenvalue weighted by molar-refractivity contribution is 6.01. The molecule has 2 atom stereocenters. The zero-order valence-electron chi connectivity index (χ0n) is 15.8. The molecular weight excluding hydrogens is 338 g/mol. The maximum Gasteiger partial charge on any atom is 0.200 e. The molecule has 0 spiro atoms. The molecule has 2 aromatic heterocycles. The second-order valence-electron chi connectivity index (χ2n) is 7.55. The van der Waals surface area contributed by atoms with Gasteiger partial charge >= 0.3 is 0 Å². The number of pyridine rings is 1. The van der Waals surface area contributed by atoms with Crippen molar-refractivity contribution in [1.29, 1.82) is 0 Å². The van der Waals surface area contributed by atoms with E-state index >= 15 is 0 Å². The summed E-state index contributed by atoms with van der Waals surface area (Å²) in [6.45, 7) is 4.07. The van der Waals surface area contributed by atoms with Crippen molar-refractivity contribution in [3.63, 3.8) is 0 Å². The Hall–Kier alpha value is -2.73. The largest absolute Gasteiger partial charge is 0.494 e. The maximum atomic E-state index is 10.3. The van der Waals surface area contributed by atoms with E-state index in [9.17, 15) is 5.11 Å². The molecule has 1 aliphatic rings. The number of aryl methyl sites for hydroxylation is 2. The van der Waals surface area contributed by atoms with Crippen LogP contribution < -0.4 is 16.4 Å². The Bertz CT molecular complexity index is 965. The van der Waals surface area contributed by atoms with Crippen LogP contribution in [0.1, 0.15) is 36.8 Å². The Balaban J connectivity index is 1.75. The lowest BCUT2D eigenvalue weighted by molar-refractivity contribution is 0.403. The third-order valence-electron chi connectivity index (χ3n) is 5.50. The fourth-order valence-electron chi connectivity index (χ4n) is 3.93. The number of H-pyrrole nitrogens is 1. The molecule has 1 saturated carbocycles. The molecule has 1 fully saturated rings. The number of nitrogens with one attached hydrogen (secondary N) is 3. The van der Waals surface area contributed by atoms with Gasteiger partial charge in [0, 0.05) is 34.9 Å². The van der Waals surface area contributed by atoms with Crippen molar-refractivity contribution in [2.45, 2.75) is 51.6 Å². The monoisotopic (exact) mass is 365 g/mol. The van der Waals surface area contributed by atoms with Gasteiger partial charge in [0.1, 0.15) is 11.6 Å². The topological polar surface area (TPSA) is 99.0 Å². The summed E-state index contributed by atoms with van der Waals surface area (Å²) >= 11 is 0. The molecule has 3 aromatic rings. The summed E-state index contributed by atoms with van der Waals surface area (Å²) in [7, 11) is 0. The highest BCUT2D eigenvalue weighted by atomic mass is 16.3. The van der Waals surface area contributed by atoms with Gasteiger partial charge in [-0.05, 0) is 44.4 Å². The minimum absolute atomic E-state index is 0.122. The number of nitrogens with zero attached hydrogens (tertiary/aromatic N) is 1. The maximum absolute atomic E-state index is 10.3. The van der Waals surface area contributed by atoms with E-state index in [1.165, 1.54) is 12.8 Å². The Morgan fingerprint density at radius 3 is 2.78 bits per heavy atom. The molecule has 2 heterocycles. The number of benzene rings is 1. The number of nitrogens with two attached hydrogens (primary N) is 1. The van der Waals surface area contributed by atoms with Crippen LogP contribution in [0.15, 0.2) is 30.5 Å². The predicted octanol–water partition coefficient (Wildman–Crippen LogP) is 4.31.